The summed E-state index contributed by atoms with van der Waals surface area (Å²) in [6.07, 6.45) is 4.46. The van der Waals surface area contributed by atoms with Crippen molar-refractivity contribution in [3.05, 3.63) is 42.2 Å². The lowest BCUT2D eigenvalue weighted by atomic mass is 10.2. The van der Waals surface area contributed by atoms with Crippen LogP contribution >= 0.6 is 0 Å². The normalized spacial score (nSPS) is 14.9. The zero-order chi connectivity index (χ0) is 13.1. The van der Waals surface area contributed by atoms with Gasteiger partial charge in [0.1, 0.15) is 0 Å². The molecular formula is C15H20N4. The van der Waals surface area contributed by atoms with Gasteiger partial charge in [0.05, 0.1) is 12.2 Å². The van der Waals surface area contributed by atoms with Gasteiger partial charge in [0.2, 0.25) is 0 Å². The number of anilines is 2. The molecule has 3 rings (SSSR count). The van der Waals surface area contributed by atoms with Gasteiger partial charge in [-0.3, -0.25) is 4.68 Å². The Kier molecular flexibility index (Phi) is 3.40. The van der Waals surface area contributed by atoms with Crippen LogP contribution in [-0.4, -0.2) is 22.9 Å². The fraction of sp³-hybridized carbons (Fsp3) is 0.400. The molecule has 0 amide bonds. The summed E-state index contributed by atoms with van der Waals surface area (Å²) < 4.78 is 1.90. The lowest BCUT2D eigenvalue weighted by Crippen LogP contribution is -2.17. The Morgan fingerprint density at radius 2 is 2.05 bits per heavy atom. The number of nitrogens with zero attached hydrogens (tertiary/aromatic N) is 3. The number of nitrogens with one attached hydrogen (secondary N) is 1. The van der Waals surface area contributed by atoms with Crippen LogP contribution in [0, 0.1) is 0 Å². The predicted molar refractivity (Wildman–Crippen MR) is 78.4 cm³/mol. The summed E-state index contributed by atoms with van der Waals surface area (Å²) in [5.41, 5.74) is 3.68. The van der Waals surface area contributed by atoms with Crippen molar-refractivity contribution in [3.8, 4) is 0 Å². The van der Waals surface area contributed by atoms with Crippen molar-refractivity contribution >= 4 is 11.4 Å². The first-order chi connectivity index (χ1) is 9.33. The van der Waals surface area contributed by atoms with Crippen LogP contribution in [0.1, 0.15) is 18.5 Å². The van der Waals surface area contributed by atoms with E-state index < -0.39 is 0 Å². The second kappa shape index (κ2) is 5.34. The molecule has 0 radical (unpaired) electrons. The minimum atomic E-state index is 0.806. The van der Waals surface area contributed by atoms with E-state index >= 15 is 0 Å². The Labute approximate surface area is 114 Å². The van der Waals surface area contributed by atoms with Crippen molar-refractivity contribution in [1.82, 2.24) is 9.78 Å². The van der Waals surface area contributed by atoms with Crippen LogP contribution in [0.2, 0.25) is 0 Å². The van der Waals surface area contributed by atoms with Crippen molar-refractivity contribution in [2.75, 3.05) is 23.3 Å². The SMILES string of the molecule is Cn1nccc1CNc1cccc(N2CCCC2)c1. The van der Waals surface area contributed by atoms with Gasteiger partial charge in [-0.1, -0.05) is 6.07 Å². The van der Waals surface area contributed by atoms with Crippen LogP contribution in [-0.2, 0) is 13.6 Å². The molecule has 19 heavy (non-hydrogen) atoms. The Morgan fingerprint density at radius 1 is 1.21 bits per heavy atom. The zero-order valence-corrected chi connectivity index (χ0v) is 11.3. The molecule has 0 saturated carbocycles. The third kappa shape index (κ3) is 2.72. The largest absolute Gasteiger partial charge is 0.379 e. The van der Waals surface area contributed by atoms with E-state index in [9.17, 15) is 0 Å². The summed E-state index contributed by atoms with van der Waals surface area (Å²) in [4.78, 5) is 2.45. The lowest BCUT2D eigenvalue weighted by molar-refractivity contribution is 0.720. The van der Waals surface area contributed by atoms with Gasteiger partial charge in [-0.15, -0.1) is 0 Å². The van der Waals surface area contributed by atoms with Crippen molar-refractivity contribution in [2.24, 2.45) is 7.05 Å². The molecule has 4 heteroatoms. The number of aromatic nitrogens is 2. The third-order valence-corrected chi connectivity index (χ3v) is 3.71. The Balaban J connectivity index is 1.67. The van der Waals surface area contributed by atoms with Crippen molar-refractivity contribution in [2.45, 2.75) is 19.4 Å². The standard InChI is InChI=1S/C15H20N4/c1-18-15(7-8-17-18)12-16-13-5-4-6-14(11-13)19-9-2-3-10-19/h4-8,11,16H,2-3,9-10,12H2,1H3. The highest BCUT2D eigenvalue weighted by atomic mass is 15.3. The van der Waals surface area contributed by atoms with E-state index in [4.69, 9.17) is 0 Å². The zero-order valence-electron chi connectivity index (χ0n) is 11.3. The molecule has 1 saturated heterocycles. The molecule has 1 aromatic heterocycles. The molecule has 1 N–H and O–H groups in total. The van der Waals surface area contributed by atoms with Crippen LogP contribution in [0.5, 0.6) is 0 Å². The molecule has 4 nitrogen and oxygen atoms in total. The van der Waals surface area contributed by atoms with Crippen LogP contribution in [0.3, 0.4) is 0 Å². The second-order valence-electron chi connectivity index (χ2n) is 5.04. The van der Waals surface area contributed by atoms with Crippen molar-refractivity contribution < 1.29 is 0 Å². The predicted octanol–water partition coefficient (Wildman–Crippen LogP) is 2.63. The lowest BCUT2D eigenvalue weighted by Gasteiger charge is -2.18. The van der Waals surface area contributed by atoms with E-state index in [0.29, 0.717) is 0 Å². The number of hydrogen-bond acceptors (Lipinski definition) is 3. The monoisotopic (exact) mass is 256 g/mol. The summed E-state index contributed by atoms with van der Waals surface area (Å²) >= 11 is 0. The Bertz CT molecular complexity index is 541. The first-order valence-electron chi connectivity index (χ1n) is 6.89. The maximum atomic E-state index is 4.18. The van der Waals surface area contributed by atoms with Gasteiger partial charge in [-0.25, -0.2) is 0 Å². The molecule has 0 bridgehead atoms. The van der Waals surface area contributed by atoms with E-state index in [0.717, 1.165) is 6.54 Å². The van der Waals surface area contributed by atoms with Gasteiger partial charge in [0, 0.05) is 37.7 Å². The van der Waals surface area contributed by atoms with Crippen LogP contribution in [0.25, 0.3) is 0 Å². The molecule has 0 unspecified atom stereocenters. The number of aryl methyl sites for hydroxylation is 1. The van der Waals surface area contributed by atoms with Crippen molar-refractivity contribution in [3.63, 3.8) is 0 Å². The summed E-state index contributed by atoms with van der Waals surface area (Å²) in [5.74, 6) is 0. The number of hydrogen-bond donors (Lipinski definition) is 1. The minimum absolute atomic E-state index is 0.806. The third-order valence-electron chi connectivity index (χ3n) is 3.71. The molecule has 100 valence electrons. The highest BCUT2D eigenvalue weighted by molar-refractivity contribution is 5.58. The maximum Gasteiger partial charge on any atom is 0.0571 e. The number of rotatable bonds is 4. The van der Waals surface area contributed by atoms with E-state index in [-0.39, 0.29) is 0 Å². The Hall–Kier alpha value is -1.97. The molecule has 2 heterocycles. The summed E-state index contributed by atoms with van der Waals surface area (Å²) in [5, 5.41) is 7.64. The molecule has 1 fully saturated rings. The van der Waals surface area contributed by atoms with Crippen LogP contribution in [0.4, 0.5) is 11.4 Å². The van der Waals surface area contributed by atoms with Gasteiger partial charge in [-0.05, 0) is 37.1 Å². The van der Waals surface area contributed by atoms with Gasteiger partial charge in [-0.2, -0.15) is 5.10 Å². The van der Waals surface area contributed by atoms with Crippen LogP contribution in [0.15, 0.2) is 36.5 Å². The van der Waals surface area contributed by atoms with Crippen molar-refractivity contribution in [1.29, 1.82) is 0 Å². The summed E-state index contributed by atoms with van der Waals surface area (Å²) in [6, 6.07) is 10.7. The second-order valence-corrected chi connectivity index (χ2v) is 5.04. The Morgan fingerprint density at radius 3 is 2.79 bits per heavy atom. The summed E-state index contributed by atoms with van der Waals surface area (Å²) in [6.45, 7) is 3.18. The van der Waals surface area contributed by atoms with Gasteiger partial charge in [0.15, 0.2) is 0 Å². The van der Waals surface area contributed by atoms with Crippen LogP contribution < -0.4 is 10.2 Å². The molecule has 1 aliphatic rings. The average molecular weight is 256 g/mol. The fourth-order valence-electron chi connectivity index (χ4n) is 2.56. The highest BCUT2D eigenvalue weighted by Crippen LogP contribution is 2.23. The quantitative estimate of drug-likeness (QED) is 0.913. The molecular weight excluding hydrogens is 236 g/mol. The van der Waals surface area contributed by atoms with E-state index in [2.05, 4.69) is 39.6 Å². The molecule has 0 spiro atoms. The molecule has 1 aliphatic heterocycles. The first-order valence-corrected chi connectivity index (χ1v) is 6.89. The smallest absolute Gasteiger partial charge is 0.0571 e. The van der Waals surface area contributed by atoms with Gasteiger partial charge >= 0.3 is 0 Å². The van der Waals surface area contributed by atoms with E-state index in [1.54, 1.807) is 0 Å². The maximum absolute atomic E-state index is 4.18. The molecule has 0 aliphatic carbocycles. The average Bonchev–Trinajstić information content (AvgIpc) is 3.08. The van der Waals surface area contributed by atoms with E-state index in [1.165, 1.54) is 43.0 Å². The fourth-order valence-corrected chi connectivity index (χ4v) is 2.56. The number of benzene rings is 1. The van der Waals surface area contributed by atoms with Gasteiger partial charge < -0.3 is 10.2 Å². The minimum Gasteiger partial charge on any atom is -0.379 e. The molecule has 2 aromatic rings. The van der Waals surface area contributed by atoms with Gasteiger partial charge in [0.25, 0.3) is 0 Å². The molecule has 0 atom stereocenters. The van der Waals surface area contributed by atoms with E-state index in [1.807, 2.05) is 24.0 Å². The summed E-state index contributed by atoms with van der Waals surface area (Å²) in [7, 11) is 1.97. The highest BCUT2D eigenvalue weighted by Gasteiger charge is 2.12. The molecule has 1 aromatic carbocycles. The topological polar surface area (TPSA) is 33.1 Å². The first kappa shape index (κ1) is 12.1.